The van der Waals surface area contributed by atoms with Gasteiger partial charge in [-0.25, -0.2) is 0 Å². The maximum Gasteiger partial charge on any atom is 0.0762 e. The van der Waals surface area contributed by atoms with Crippen LogP contribution in [0, 0.1) is 0 Å². The number of aliphatic hydroxyl groups excluding tert-OH is 1. The number of benzene rings is 2. The molecule has 0 saturated heterocycles. The van der Waals surface area contributed by atoms with Crippen LogP contribution in [0.25, 0.3) is 5.57 Å². The zero-order valence-corrected chi connectivity index (χ0v) is 12.3. The van der Waals surface area contributed by atoms with Crippen LogP contribution >= 0.6 is 23.2 Å². The minimum Gasteiger partial charge on any atom is -0.389 e. The van der Waals surface area contributed by atoms with E-state index >= 15 is 0 Å². The lowest BCUT2D eigenvalue weighted by Gasteiger charge is -2.29. The Labute approximate surface area is 128 Å². The van der Waals surface area contributed by atoms with E-state index in [1.165, 1.54) is 0 Å². The Hall–Kier alpha value is -1.28. The summed E-state index contributed by atoms with van der Waals surface area (Å²) in [6.07, 6.45) is 1.43. The number of rotatable bonds is 2. The van der Waals surface area contributed by atoms with E-state index in [-0.39, 0.29) is 6.10 Å². The fourth-order valence-electron chi connectivity index (χ4n) is 2.48. The predicted octanol–water partition coefficient (Wildman–Crippen LogP) is 4.95. The predicted molar refractivity (Wildman–Crippen MR) is 84.2 cm³/mol. The molecule has 2 aromatic carbocycles. The molecular weight excluding hydrogens is 291 g/mol. The third kappa shape index (κ3) is 2.62. The molecule has 0 spiro atoms. The second-order valence-electron chi connectivity index (χ2n) is 4.97. The zero-order chi connectivity index (χ0) is 14.1. The lowest BCUT2D eigenvalue weighted by Crippen LogP contribution is -2.23. The highest BCUT2D eigenvalue weighted by Gasteiger charge is 2.26. The van der Waals surface area contributed by atoms with Gasteiger partial charge in [0.15, 0.2) is 0 Å². The van der Waals surface area contributed by atoms with E-state index in [2.05, 4.69) is 0 Å². The smallest absolute Gasteiger partial charge is 0.0762 e. The third-order valence-electron chi connectivity index (χ3n) is 3.68. The molecule has 0 aromatic heterocycles. The van der Waals surface area contributed by atoms with Gasteiger partial charge in [0, 0.05) is 10.0 Å². The molecule has 1 saturated carbocycles. The Kier molecular flexibility index (Phi) is 3.84. The van der Waals surface area contributed by atoms with E-state index in [1.54, 1.807) is 0 Å². The molecule has 102 valence electrons. The van der Waals surface area contributed by atoms with Crippen molar-refractivity contribution < 1.29 is 5.11 Å². The van der Waals surface area contributed by atoms with Gasteiger partial charge in [-0.2, -0.15) is 0 Å². The highest BCUT2D eigenvalue weighted by molar-refractivity contribution is 6.31. The van der Waals surface area contributed by atoms with E-state index < -0.39 is 0 Å². The van der Waals surface area contributed by atoms with E-state index in [1.807, 2.05) is 48.5 Å². The van der Waals surface area contributed by atoms with Gasteiger partial charge < -0.3 is 5.11 Å². The summed E-state index contributed by atoms with van der Waals surface area (Å²) >= 11 is 11.9. The van der Waals surface area contributed by atoms with Crippen LogP contribution in [0.15, 0.2) is 54.1 Å². The molecule has 3 rings (SSSR count). The van der Waals surface area contributed by atoms with Crippen LogP contribution in [0.2, 0.25) is 10.0 Å². The summed E-state index contributed by atoms with van der Waals surface area (Å²) in [7, 11) is 0. The molecule has 0 radical (unpaired) electrons. The minimum absolute atomic E-state index is 0.337. The Morgan fingerprint density at radius 2 is 1.30 bits per heavy atom. The van der Waals surface area contributed by atoms with Crippen molar-refractivity contribution in [3.63, 3.8) is 0 Å². The van der Waals surface area contributed by atoms with Crippen LogP contribution in [-0.2, 0) is 0 Å². The van der Waals surface area contributed by atoms with Crippen molar-refractivity contribution in [2.75, 3.05) is 0 Å². The fraction of sp³-hybridized carbons (Fsp3) is 0.176. The van der Waals surface area contributed by atoms with E-state index in [9.17, 15) is 5.11 Å². The maximum absolute atomic E-state index is 10.00. The number of halogens is 2. The topological polar surface area (TPSA) is 20.2 Å². The summed E-state index contributed by atoms with van der Waals surface area (Å²) in [5.41, 5.74) is 4.34. The molecule has 1 aliphatic rings. The number of aliphatic hydroxyl groups is 1. The van der Waals surface area contributed by atoms with Crippen molar-refractivity contribution in [1.29, 1.82) is 0 Å². The first-order valence-electron chi connectivity index (χ1n) is 6.58. The van der Waals surface area contributed by atoms with Crippen molar-refractivity contribution in [2.24, 2.45) is 0 Å². The summed E-state index contributed by atoms with van der Waals surface area (Å²) < 4.78 is 0. The van der Waals surface area contributed by atoms with Gasteiger partial charge in [0.05, 0.1) is 6.10 Å². The lowest BCUT2D eigenvalue weighted by atomic mass is 9.80. The highest BCUT2D eigenvalue weighted by atomic mass is 35.5. The van der Waals surface area contributed by atoms with Crippen LogP contribution in [0.3, 0.4) is 0 Å². The summed E-state index contributed by atoms with van der Waals surface area (Å²) in [6.45, 7) is 0. The lowest BCUT2D eigenvalue weighted by molar-refractivity contribution is 0.157. The van der Waals surface area contributed by atoms with Crippen LogP contribution in [0.1, 0.15) is 24.0 Å². The second kappa shape index (κ2) is 5.61. The molecular formula is C17H14Cl2O. The molecule has 0 amide bonds. The SMILES string of the molecule is OC1CCC1=C(c1ccc(Cl)cc1)c1ccc(Cl)cc1. The normalized spacial score (nSPS) is 17.8. The molecule has 1 nitrogen and oxygen atoms in total. The van der Waals surface area contributed by atoms with Gasteiger partial charge in [0.1, 0.15) is 0 Å². The second-order valence-corrected chi connectivity index (χ2v) is 5.84. The molecule has 0 bridgehead atoms. The Bertz CT molecular complexity index is 594. The first-order chi connectivity index (χ1) is 9.65. The molecule has 1 unspecified atom stereocenters. The molecule has 1 N–H and O–H groups in total. The van der Waals surface area contributed by atoms with Crippen LogP contribution in [0.4, 0.5) is 0 Å². The molecule has 2 aromatic rings. The Balaban J connectivity index is 2.12. The molecule has 20 heavy (non-hydrogen) atoms. The minimum atomic E-state index is -0.337. The fourth-order valence-corrected chi connectivity index (χ4v) is 2.73. The van der Waals surface area contributed by atoms with Crippen molar-refractivity contribution in [3.05, 3.63) is 75.3 Å². The third-order valence-corrected chi connectivity index (χ3v) is 4.18. The molecule has 3 heteroatoms. The number of hydrogen-bond donors (Lipinski definition) is 1. The average Bonchev–Trinajstić information content (AvgIpc) is 2.45. The standard InChI is InChI=1S/C17H14Cl2O/c18-13-5-1-11(2-6-13)17(15-9-10-16(15)20)12-3-7-14(19)8-4-12/h1-8,16,20H,9-10H2. The van der Waals surface area contributed by atoms with Crippen LogP contribution in [-0.4, -0.2) is 11.2 Å². The van der Waals surface area contributed by atoms with Crippen LogP contribution in [0.5, 0.6) is 0 Å². The molecule has 0 aliphatic heterocycles. The van der Waals surface area contributed by atoms with Gasteiger partial charge in [-0.1, -0.05) is 47.5 Å². The van der Waals surface area contributed by atoms with E-state index in [4.69, 9.17) is 23.2 Å². The maximum atomic E-state index is 10.00. The van der Waals surface area contributed by atoms with Gasteiger partial charge >= 0.3 is 0 Å². The van der Waals surface area contributed by atoms with Gasteiger partial charge in [-0.05, 0) is 59.4 Å². The van der Waals surface area contributed by atoms with Crippen LogP contribution < -0.4 is 0 Å². The average molecular weight is 305 g/mol. The van der Waals surface area contributed by atoms with Gasteiger partial charge in [0.25, 0.3) is 0 Å². The molecule has 1 aliphatic carbocycles. The van der Waals surface area contributed by atoms with Crippen molar-refractivity contribution in [2.45, 2.75) is 18.9 Å². The monoisotopic (exact) mass is 304 g/mol. The van der Waals surface area contributed by atoms with Gasteiger partial charge in [-0.3, -0.25) is 0 Å². The molecule has 1 atom stereocenters. The molecule has 1 fully saturated rings. The largest absolute Gasteiger partial charge is 0.389 e. The summed E-state index contributed by atoms with van der Waals surface area (Å²) in [5, 5.41) is 11.4. The Morgan fingerprint density at radius 1 is 0.850 bits per heavy atom. The van der Waals surface area contributed by atoms with Crippen molar-refractivity contribution in [1.82, 2.24) is 0 Å². The first kappa shape index (κ1) is 13.7. The summed E-state index contributed by atoms with van der Waals surface area (Å²) in [5.74, 6) is 0. The zero-order valence-electron chi connectivity index (χ0n) is 10.8. The van der Waals surface area contributed by atoms with Gasteiger partial charge in [0.2, 0.25) is 0 Å². The molecule has 0 heterocycles. The highest BCUT2D eigenvalue weighted by Crippen LogP contribution is 2.38. The van der Waals surface area contributed by atoms with Gasteiger partial charge in [-0.15, -0.1) is 0 Å². The van der Waals surface area contributed by atoms with Crippen molar-refractivity contribution in [3.8, 4) is 0 Å². The van der Waals surface area contributed by atoms with E-state index in [0.29, 0.717) is 10.0 Å². The summed E-state index contributed by atoms with van der Waals surface area (Å²) in [4.78, 5) is 0. The Morgan fingerprint density at radius 3 is 1.60 bits per heavy atom. The quantitative estimate of drug-likeness (QED) is 0.832. The van der Waals surface area contributed by atoms with Crippen molar-refractivity contribution >= 4 is 28.8 Å². The van der Waals surface area contributed by atoms with E-state index in [0.717, 1.165) is 35.1 Å². The summed E-state index contributed by atoms with van der Waals surface area (Å²) in [6, 6.07) is 15.5. The number of hydrogen-bond acceptors (Lipinski definition) is 1. The first-order valence-corrected chi connectivity index (χ1v) is 7.34.